The Morgan fingerprint density at radius 3 is 2.77 bits per heavy atom. The number of halogens is 2. The number of nitrogens with zero attached hydrogens (tertiary/aromatic N) is 1. The molecular formula is C16H15Cl2NO3. The average molecular weight is 340 g/mol. The largest absolute Gasteiger partial charge is 0.448 e. The van der Waals surface area contributed by atoms with Crippen molar-refractivity contribution in [2.24, 2.45) is 0 Å². The van der Waals surface area contributed by atoms with Crippen molar-refractivity contribution < 1.29 is 14.3 Å². The maximum Gasteiger partial charge on any atom is 0.238 e. The molecule has 0 saturated carbocycles. The molecule has 3 rings (SSSR count). The molecule has 2 aromatic rings. The Morgan fingerprint density at radius 1 is 1.32 bits per heavy atom. The van der Waals surface area contributed by atoms with Crippen molar-refractivity contribution in [1.82, 2.24) is 4.90 Å². The Morgan fingerprint density at radius 2 is 2.09 bits per heavy atom. The van der Waals surface area contributed by atoms with Crippen LogP contribution in [0.2, 0.25) is 5.22 Å². The van der Waals surface area contributed by atoms with Crippen molar-refractivity contribution in [3.05, 3.63) is 58.5 Å². The molecule has 1 amide bonds. The number of carbonyl (C=O) groups excluding carboxylic acids is 1. The lowest BCUT2D eigenvalue weighted by Crippen LogP contribution is -2.39. The van der Waals surface area contributed by atoms with Crippen LogP contribution < -0.4 is 0 Å². The molecule has 1 aromatic heterocycles. The maximum atomic E-state index is 12.3. The fourth-order valence-corrected chi connectivity index (χ4v) is 3.27. The number of fused-ring (bicyclic) bond motifs is 1. The van der Waals surface area contributed by atoms with E-state index in [0.717, 1.165) is 11.1 Å². The fraction of sp³-hybridized carbons (Fsp3) is 0.312. The molecule has 0 aliphatic heterocycles. The molecule has 2 atom stereocenters. The first-order chi connectivity index (χ1) is 10.6. The highest BCUT2D eigenvalue weighted by atomic mass is 35.5. The Bertz CT molecular complexity index is 686. The van der Waals surface area contributed by atoms with Crippen LogP contribution in [0.5, 0.6) is 0 Å². The van der Waals surface area contributed by atoms with Gasteiger partial charge in [0.1, 0.15) is 11.6 Å². The summed E-state index contributed by atoms with van der Waals surface area (Å²) in [7, 11) is 0. The molecular weight excluding hydrogens is 325 g/mol. The van der Waals surface area contributed by atoms with Crippen molar-refractivity contribution in [3.8, 4) is 0 Å². The summed E-state index contributed by atoms with van der Waals surface area (Å²) in [6, 6.07) is 10.6. The summed E-state index contributed by atoms with van der Waals surface area (Å²) in [4.78, 5) is 13.8. The number of furan rings is 1. The quantitative estimate of drug-likeness (QED) is 0.870. The lowest BCUT2D eigenvalue weighted by Gasteiger charge is -2.30. The van der Waals surface area contributed by atoms with Gasteiger partial charge in [-0.2, -0.15) is 0 Å². The molecule has 1 N–H and O–H groups in total. The van der Waals surface area contributed by atoms with Gasteiger partial charge in [0.15, 0.2) is 5.22 Å². The highest BCUT2D eigenvalue weighted by Crippen LogP contribution is 2.37. The molecule has 22 heavy (non-hydrogen) atoms. The topological polar surface area (TPSA) is 53.7 Å². The normalized spacial score (nSPS) is 20.0. The van der Waals surface area contributed by atoms with Crippen LogP contribution in [0.1, 0.15) is 22.9 Å². The number of hydrogen-bond acceptors (Lipinski definition) is 3. The number of hydrogen-bond donors (Lipinski definition) is 1. The smallest absolute Gasteiger partial charge is 0.238 e. The number of amides is 1. The monoisotopic (exact) mass is 339 g/mol. The number of carbonyl (C=O) groups is 1. The summed E-state index contributed by atoms with van der Waals surface area (Å²) in [6.07, 6.45) is -0.138. The van der Waals surface area contributed by atoms with Gasteiger partial charge in [-0.15, -0.1) is 11.6 Å². The summed E-state index contributed by atoms with van der Waals surface area (Å²) < 4.78 is 5.34. The predicted molar refractivity (Wildman–Crippen MR) is 83.9 cm³/mol. The van der Waals surface area contributed by atoms with Crippen LogP contribution in [-0.2, 0) is 17.8 Å². The van der Waals surface area contributed by atoms with E-state index in [1.165, 1.54) is 0 Å². The van der Waals surface area contributed by atoms with Gasteiger partial charge in [-0.1, -0.05) is 24.3 Å². The third kappa shape index (κ3) is 2.86. The SMILES string of the molecule is O=C(CCl)N(Cc1ccc(Cl)o1)[C@@H]1c2ccccc2C[C@H]1O. The van der Waals surface area contributed by atoms with Crippen molar-refractivity contribution >= 4 is 29.1 Å². The van der Waals surface area contributed by atoms with E-state index in [2.05, 4.69) is 0 Å². The number of rotatable bonds is 4. The van der Waals surface area contributed by atoms with E-state index in [9.17, 15) is 9.90 Å². The molecule has 0 fully saturated rings. The lowest BCUT2D eigenvalue weighted by atomic mass is 10.1. The molecule has 1 heterocycles. The van der Waals surface area contributed by atoms with E-state index >= 15 is 0 Å². The number of alkyl halides is 1. The van der Waals surface area contributed by atoms with E-state index in [4.69, 9.17) is 27.6 Å². The second-order valence-electron chi connectivity index (χ2n) is 5.28. The molecule has 0 spiro atoms. The van der Waals surface area contributed by atoms with Crippen LogP contribution >= 0.6 is 23.2 Å². The van der Waals surface area contributed by atoms with E-state index < -0.39 is 12.1 Å². The zero-order chi connectivity index (χ0) is 15.7. The molecule has 0 unspecified atom stereocenters. The molecule has 6 heteroatoms. The van der Waals surface area contributed by atoms with Gasteiger partial charge in [-0.25, -0.2) is 0 Å². The molecule has 0 saturated heterocycles. The predicted octanol–water partition coefficient (Wildman–Crippen LogP) is 3.16. The van der Waals surface area contributed by atoms with Crippen LogP contribution in [0.15, 0.2) is 40.8 Å². The zero-order valence-electron chi connectivity index (χ0n) is 11.7. The highest BCUT2D eigenvalue weighted by Gasteiger charge is 2.37. The Labute approximate surface area is 138 Å². The van der Waals surface area contributed by atoms with Gasteiger partial charge < -0.3 is 14.4 Å². The highest BCUT2D eigenvalue weighted by molar-refractivity contribution is 6.28. The van der Waals surface area contributed by atoms with Gasteiger partial charge in [0.2, 0.25) is 5.91 Å². The van der Waals surface area contributed by atoms with Gasteiger partial charge in [-0.3, -0.25) is 4.79 Å². The van der Waals surface area contributed by atoms with Crippen LogP contribution in [0.4, 0.5) is 0 Å². The minimum absolute atomic E-state index is 0.153. The Hall–Kier alpha value is -1.49. The standard InChI is InChI=1S/C16H15Cl2NO3/c17-8-15(21)19(9-11-5-6-14(18)22-11)16-12-4-2-1-3-10(12)7-13(16)20/h1-6,13,16,20H,7-9H2/t13-,16-/m1/s1. The second kappa shape index (κ2) is 6.32. The summed E-state index contributed by atoms with van der Waals surface area (Å²) >= 11 is 11.5. The molecule has 1 aromatic carbocycles. The first kappa shape index (κ1) is 15.4. The van der Waals surface area contributed by atoms with Crippen LogP contribution in [0.3, 0.4) is 0 Å². The average Bonchev–Trinajstić information content (AvgIpc) is 3.06. The summed E-state index contributed by atoms with van der Waals surface area (Å²) in [5.74, 6) is 0.148. The zero-order valence-corrected chi connectivity index (χ0v) is 13.2. The molecule has 116 valence electrons. The molecule has 1 aliphatic carbocycles. The second-order valence-corrected chi connectivity index (χ2v) is 5.92. The minimum Gasteiger partial charge on any atom is -0.448 e. The van der Waals surface area contributed by atoms with Gasteiger partial charge in [0.05, 0.1) is 18.7 Å². The number of aliphatic hydroxyl groups excluding tert-OH is 1. The molecule has 0 bridgehead atoms. The van der Waals surface area contributed by atoms with Crippen LogP contribution in [0, 0.1) is 0 Å². The van der Waals surface area contributed by atoms with Crippen molar-refractivity contribution in [2.75, 3.05) is 5.88 Å². The lowest BCUT2D eigenvalue weighted by molar-refractivity contribution is -0.134. The van der Waals surface area contributed by atoms with E-state index in [0.29, 0.717) is 12.2 Å². The van der Waals surface area contributed by atoms with Gasteiger partial charge in [0.25, 0.3) is 0 Å². The molecule has 1 aliphatic rings. The summed E-state index contributed by atoms with van der Waals surface area (Å²) in [6.45, 7) is 0.217. The first-order valence-electron chi connectivity index (χ1n) is 6.95. The third-order valence-corrected chi connectivity index (χ3v) is 4.32. The van der Waals surface area contributed by atoms with Gasteiger partial charge in [0, 0.05) is 6.42 Å². The van der Waals surface area contributed by atoms with E-state index in [1.54, 1.807) is 17.0 Å². The van der Waals surface area contributed by atoms with E-state index in [-0.39, 0.29) is 23.6 Å². The van der Waals surface area contributed by atoms with Crippen LogP contribution in [0.25, 0.3) is 0 Å². The summed E-state index contributed by atoms with van der Waals surface area (Å²) in [5.41, 5.74) is 2.00. The number of aliphatic hydroxyl groups is 1. The molecule has 0 radical (unpaired) electrons. The Kier molecular flexibility index (Phi) is 4.43. The van der Waals surface area contributed by atoms with Crippen LogP contribution in [-0.4, -0.2) is 27.9 Å². The summed E-state index contributed by atoms with van der Waals surface area (Å²) in [5, 5.41) is 10.7. The number of benzene rings is 1. The molecule has 4 nitrogen and oxygen atoms in total. The minimum atomic E-state index is -0.657. The van der Waals surface area contributed by atoms with Crippen molar-refractivity contribution in [1.29, 1.82) is 0 Å². The van der Waals surface area contributed by atoms with Gasteiger partial charge >= 0.3 is 0 Å². The third-order valence-electron chi connectivity index (χ3n) is 3.89. The first-order valence-corrected chi connectivity index (χ1v) is 7.87. The maximum absolute atomic E-state index is 12.3. The van der Waals surface area contributed by atoms with Crippen molar-refractivity contribution in [3.63, 3.8) is 0 Å². The van der Waals surface area contributed by atoms with E-state index in [1.807, 2.05) is 24.3 Å². The van der Waals surface area contributed by atoms with Crippen molar-refractivity contribution in [2.45, 2.75) is 25.1 Å². The fourth-order valence-electron chi connectivity index (χ4n) is 2.95. The van der Waals surface area contributed by atoms with Gasteiger partial charge in [-0.05, 0) is 34.9 Å². The Balaban J connectivity index is 1.94.